The highest BCUT2D eigenvalue weighted by atomic mass is 32.2. The summed E-state index contributed by atoms with van der Waals surface area (Å²) in [6, 6.07) is 5.07. The summed E-state index contributed by atoms with van der Waals surface area (Å²) >= 11 is 1.60. The van der Waals surface area contributed by atoms with E-state index in [0.717, 1.165) is 23.4 Å². The second-order valence-electron chi connectivity index (χ2n) is 4.26. The van der Waals surface area contributed by atoms with Gasteiger partial charge in [-0.25, -0.2) is 4.79 Å². The van der Waals surface area contributed by atoms with Crippen molar-refractivity contribution in [2.24, 2.45) is 0 Å². The van der Waals surface area contributed by atoms with Gasteiger partial charge < -0.3 is 15.2 Å². The number of carboxylic acids is 1. The highest BCUT2D eigenvalue weighted by molar-refractivity contribution is 7.99. The van der Waals surface area contributed by atoms with Crippen LogP contribution in [0.15, 0.2) is 18.2 Å². The Morgan fingerprint density at radius 2 is 2.15 bits per heavy atom. The highest BCUT2D eigenvalue weighted by Crippen LogP contribution is 2.21. The first-order chi connectivity index (χ1) is 9.52. The first-order valence-corrected chi connectivity index (χ1v) is 7.51. The SMILES string of the molecule is CCCSCC(=O)Nc1ccc(OCC(=O)O)cc1C. The maximum absolute atomic E-state index is 11.7. The molecule has 0 aliphatic rings. The van der Waals surface area contributed by atoms with Crippen LogP contribution in [0.4, 0.5) is 5.69 Å². The zero-order valence-corrected chi connectivity index (χ0v) is 12.5. The molecule has 5 nitrogen and oxygen atoms in total. The number of nitrogens with one attached hydrogen (secondary N) is 1. The number of aryl methyl sites for hydroxylation is 1. The van der Waals surface area contributed by atoms with E-state index in [9.17, 15) is 9.59 Å². The zero-order valence-electron chi connectivity index (χ0n) is 11.6. The summed E-state index contributed by atoms with van der Waals surface area (Å²) in [4.78, 5) is 22.1. The van der Waals surface area contributed by atoms with Crippen LogP contribution in [0.25, 0.3) is 0 Å². The van der Waals surface area contributed by atoms with Gasteiger partial charge in [-0.2, -0.15) is 11.8 Å². The zero-order chi connectivity index (χ0) is 15.0. The number of carbonyl (C=O) groups excluding carboxylic acids is 1. The number of rotatable bonds is 8. The van der Waals surface area contributed by atoms with Gasteiger partial charge in [-0.1, -0.05) is 6.92 Å². The average molecular weight is 297 g/mol. The molecule has 0 aliphatic heterocycles. The van der Waals surface area contributed by atoms with Crippen molar-refractivity contribution in [1.82, 2.24) is 0 Å². The molecule has 0 aromatic heterocycles. The monoisotopic (exact) mass is 297 g/mol. The van der Waals surface area contributed by atoms with E-state index < -0.39 is 5.97 Å². The van der Waals surface area contributed by atoms with E-state index in [4.69, 9.17) is 9.84 Å². The molecule has 110 valence electrons. The van der Waals surface area contributed by atoms with Crippen LogP contribution in [-0.2, 0) is 9.59 Å². The molecule has 0 atom stereocenters. The van der Waals surface area contributed by atoms with E-state index in [1.807, 2.05) is 6.92 Å². The van der Waals surface area contributed by atoms with Gasteiger partial charge in [0.2, 0.25) is 5.91 Å². The van der Waals surface area contributed by atoms with Gasteiger partial charge in [-0.05, 0) is 42.9 Å². The van der Waals surface area contributed by atoms with Crippen LogP contribution in [0, 0.1) is 6.92 Å². The van der Waals surface area contributed by atoms with Gasteiger partial charge >= 0.3 is 5.97 Å². The van der Waals surface area contributed by atoms with Gasteiger partial charge in [0, 0.05) is 5.69 Å². The van der Waals surface area contributed by atoms with Gasteiger partial charge in [0.05, 0.1) is 5.75 Å². The third-order valence-electron chi connectivity index (χ3n) is 2.42. The summed E-state index contributed by atoms with van der Waals surface area (Å²) in [5, 5.41) is 11.4. The number of hydrogen-bond donors (Lipinski definition) is 2. The van der Waals surface area contributed by atoms with E-state index in [-0.39, 0.29) is 12.5 Å². The van der Waals surface area contributed by atoms with Crippen molar-refractivity contribution >= 4 is 29.3 Å². The molecule has 0 aliphatic carbocycles. The van der Waals surface area contributed by atoms with Gasteiger partial charge in [0.15, 0.2) is 6.61 Å². The van der Waals surface area contributed by atoms with Crippen LogP contribution in [-0.4, -0.2) is 35.1 Å². The number of carbonyl (C=O) groups is 2. The lowest BCUT2D eigenvalue weighted by Gasteiger charge is -2.10. The summed E-state index contributed by atoms with van der Waals surface area (Å²) in [7, 11) is 0. The van der Waals surface area contributed by atoms with Crippen molar-refractivity contribution in [2.75, 3.05) is 23.4 Å². The third-order valence-corrected chi connectivity index (χ3v) is 3.58. The molecule has 1 aromatic carbocycles. The molecule has 0 heterocycles. The number of carboxylic acid groups (broad SMARTS) is 1. The molecule has 0 saturated carbocycles. The van der Waals surface area contributed by atoms with Crippen molar-refractivity contribution in [1.29, 1.82) is 0 Å². The largest absolute Gasteiger partial charge is 0.482 e. The van der Waals surface area contributed by atoms with Crippen LogP contribution in [0.2, 0.25) is 0 Å². The summed E-state index contributed by atoms with van der Waals surface area (Å²) in [5.74, 6) is 0.820. The maximum atomic E-state index is 11.7. The molecular formula is C14H19NO4S. The molecule has 1 aromatic rings. The van der Waals surface area contributed by atoms with E-state index in [0.29, 0.717) is 11.5 Å². The lowest BCUT2D eigenvalue weighted by molar-refractivity contribution is -0.139. The van der Waals surface area contributed by atoms with Crippen LogP contribution in [0.1, 0.15) is 18.9 Å². The Balaban J connectivity index is 2.54. The van der Waals surface area contributed by atoms with E-state index in [2.05, 4.69) is 12.2 Å². The molecule has 1 amide bonds. The molecule has 0 unspecified atom stereocenters. The minimum Gasteiger partial charge on any atom is -0.482 e. The number of amides is 1. The second-order valence-corrected chi connectivity index (χ2v) is 5.37. The lowest BCUT2D eigenvalue weighted by Crippen LogP contribution is -2.15. The summed E-state index contributed by atoms with van der Waals surface area (Å²) < 4.78 is 5.07. The number of anilines is 1. The first-order valence-electron chi connectivity index (χ1n) is 6.35. The molecule has 2 N–H and O–H groups in total. The molecule has 0 spiro atoms. The quantitative estimate of drug-likeness (QED) is 0.721. The molecule has 6 heteroatoms. The van der Waals surface area contributed by atoms with Gasteiger partial charge in [-0.15, -0.1) is 0 Å². The van der Waals surface area contributed by atoms with Gasteiger partial charge in [0.25, 0.3) is 0 Å². The highest BCUT2D eigenvalue weighted by Gasteiger charge is 2.06. The first kappa shape index (κ1) is 16.4. The Morgan fingerprint density at radius 1 is 1.40 bits per heavy atom. The normalized spacial score (nSPS) is 10.1. The van der Waals surface area contributed by atoms with Crippen molar-refractivity contribution in [2.45, 2.75) is 20.3 Å². The van der Waals surface area contributed by atoms with Gasteiger partial charge in [-0.3, -0.25) is 4.79 Å². The molecule has 0 saturated heterocycles. The number of aliphatic carboxylic acids is 1. The van der Waals surface area contributed by atoms with Crippen molar-refractivity contribution in [3.63, 3.8) is 0 Å². The van der Waals surface area contributed by atoms with E-state index in [1.165, 1.54) is 0 Å². The van der Waals surface area contributed by atoms with E-state index >= 15 is 0 Å². The van der Waals surface area contributed by atoms with Crippen LogP contribution < -0.4 is 10.1 Å². The molecule has 1 rings (SSSR count). The van der Waals surface area contributed by atoms with Crippen molar-refractivity contribution in [3.8, 4) is 5.75 Å². The fraction of sp³-hybridized carbons (Fsp3) is 0.429. The summed E-state index contributed by atoms with van der Waals surface area (Å²) in [5.41, 5.74) is 1.55. The molecule has 0 fully saturated rings. The fourth-order valence-corrected chi connectivity index (χ4v) is 2.20. The van der Waals surface area contributed by atoms with Crippen LogP contribution in [0.3, 0.4) is 0 Å². The topological polar surface area (TPSA) is 75.6 Å². The predicted octanol–water partition coefficient (Wildman–Crippen LogP) is 2.54. The minimum absolute atomic E-state index is 0.0363. The predicted molar refractivity (Wildman–Crippen MR) is 80.6 cm³/mol. The van der Waals surface area contributed by atoms with Crippen LogP contribution >= 0.6 is 11.8 Å². The summed E-state index contributed by atoms with van der Waals surface area (Å²) in [6.45, 7) is 3.53. The molecule has 20 heavy (non-hydrogen) atoms. The second kappa shape index (κ2) is 8.47. The Bertz CT molecular complexity index is 476. The third kappa shape index (κ3) is 5.97. The Kier molecular flexibility index (Phi) is 6.93. The summed E-state index contributed by atoms with van der Waals surface area (Å²) in [6.07, 6.45) is 1.05. The number of ether oxygens (including phenoxy) is 1. The molecule has 0 bridgehead atoms. The average Bonchev–Trinajstić information content (AvgIpc) is 2.39. The smallest absolute Gasteiger partial charge is 0.341 e. The number of benzene rings is 1. The van der Waals surface area contributed by atoms with E-state index in [1.54, 1.807) is 30.0 Å². The number of hydrogen-bond acceptors (Lipinski definition) is 4. The molecular weight excluding hydrogens is 278 g/mol. The molecule has 0 radical (unpaired) electrons. The van der Waals surface area contributed by atoms with Crippen molar-refractivity contribution in [3.05, 3.63) is 23.8 Å². The fourth-order valence-electron chi connectivity index (χ4n) is 1.51. The minimum atomic E-state index is -1.02. The van der Waals surface area contributed by atoms with Gasteiger partial charge in [0.1, 0.15) is 5.75 Å². The van der Waals surface area contributed by atoms with Crippen molar-refractivity contribution < 1.29 is 19.4 Å². The Labute approximate surface area is 122 Å². The Morgan fingerprint density at radius 3 is 2.75 bits per heavy atom. The standard InChI is InChI=1S/C14H19NO4S/c1-3-6-20-9-13(16)15-12-5-4-11(7-10(12)2)19-8-14(17)18/h4-5,7H,3,6,8-9H2,1-2H3,(H,15,16)(H,17,18). The Hall–Kier alpha value is -1.69. The van der Waals surface area contributed by atoms with Crippen LogP contribution in [0.5, 0.6) is 5.75 Å². The lowest BCUT2D eigenvalue weighted by atomic mass is 10.2. The number of thioether (sulfide) groups is 1. The maximum Gasteiger partial charge on any atom is 0.341 e.